The lowest BCUT2D eigenvalue weighted by atomic mass is 10.1. The molecule has 4 aromatic rings. The van der Waals surface area contributed by atoms with Crippen molar-refractivity contribution in [3.05, 3.63) is 76.9 Å². The van der Waals surface area contributed by atoms with Crippen LogP contribution in [0.5, 0.6) is 0 Å². The number of hydrogen-bond acceptors (Lipinski definition) is 6. The Morgan fingerprint density at radius 1 is 1.28 bits per heavy atom. The molecule has 8 nitrogen and oxygen atoms in total. The first-order valence-electron chi connectivity index (χ1n) is 10.6. The van der Waals surface area contributed by atoms with E-state index in [0.29, 0.717) is 35.3 Å². The molecule has 0 saturated carbocycles. The van der Waals surface area contributed by atoms with Crippen LogP contribution in [0.25, 0.3) is 11.3 Å². The van der Waals surface area contributed by atoms with Crippen LogP contribution in [-0.4, -0.2) is 37.3 Å². The smallest absolute Gasteiger partial charge is 0.293 e. The molecule has 0 unspecified atom stereocenters. The van der Waals surface area contributed by atoms with Crippen LogP contribution in [-0.2, 0) is 13.0 Å². The summed E-state index contributed by atoms with van der Waals surface area (Å²) in [6, 6.07) is 9.07. The van der Waals surface area contributed by atoms with Crippen molar-refractivity contribution < 1.29 is 13.7 Å². The van der Waals surface area contributed by atoms with Crippen molar-refractivity contribution in [2.24, 2.45) is 0 Å². The van der Waals surface area contributed by atoms with Crippen LogP contribution in [0.3, 0.4) is 0 Å². The fourth-order valence-corrected chi connectivity index (χ4v) is 4.18. The van der Waals surface area contributed by atoms with E-state index >= 15 is 0 Å². The molecule has 0 N–H and O–H groups in total. The first-order chi connectivity index (χ1) is 15.6. The van der Waals surface area contributed by atoms with Gasteiger partial charge in [-0.2, -0.15) is 5.10 Å². The van der Waals surface area contributed by atoms with Gasteiger partial charge in [0.05, 0.1) is 12.4 Å². The number of carbonyl (C=O) groups excluding carboxylic acids is 1. The summed E-state index contributed by atoms with van der Waals surface area (Å²) in [5.74, 6) is 1.21. The van der Waals surface area contributed by atoms with Crippen molar-refractivity contribution in [1.82, 2.24) is 24.8 Å². The number of carbonyl (C=O) groups is 1. The molecule has 1 aliphatic heterocycles. The molecule has 32 heavy (non-hydrogen) atoms. The van der Waals surface area contributed by atoms with E-state index < -0.39 is 0 Å². The van der Waals surface area contributed by atoms with Gasteiger partial charge < -0.3 is 13.8 Å². The van der Waals surface area contributed by atoms with Crippen LogP contribution in [0.2, 0.25) is 5.02 Å². The summed E-state index contributed by atoms with van der Waals surface area (Å²) in [5, 5.41) is 8.99. The van der Waals surface area contributed by atoms with E-state index in [0.717, 1.165) is 30.5 Å². The van der Waals surface area contributed by atoms with Gasteiger partial charge in [0.15, 0.2) is 0 Å². The fraction of sp³-hybridized carbons (Fsp3) is 0.304. The van der Waals surface area contributed by atoms with Gasteiger partial charge in [-0.15, -0.1) is 0 Å². The zero-order chi connectivity index (χ0) is 22.1. The Labute approximate surface area is 189 Å². The summed E-state index contributed by atoms with van der Waals surface area (Å²) in [6.07, 6.45) is 7.48. The summed E-state index contributed by atoms with van der Waals surface area (Å²) in [6.45, 7) is 3.37. The minimum absolute atomic E-state index is 0.194. The molecule has 1 saturated heterocycles. The first-order valence-corrected chi connectivity index (χ1v) is 11.0. The highest BCUT2D eigenvalue weighted by atomic mass is 35.5. The molecule has 4 heterocycles. The van der Waals surface area contributed by atoms with E-state index in [4.69, 9.17) is 20.5 Å². The Morgan fingerprint density at radius 3 is 2.97 bits per heavy atom. The minimum atomic E-state index is -0.237. The molecule has 5 rings (SSSR count). The van der Waals surface area contributed by atoms with Crippen LogP contribution >= 0.6 is 11.6 Å². The van der Waals surface area contributed by atoms with E-state index in [2.05, 4.69) is 15.2 Å². The van der Waals surface area contributed by atoms with Crippen molar-refractivity contribution >= 4 is 17.5 Å². The molecule has 0 radical (unpaired) electrons. The Balaban J connectivity index is 1.32. The van der Waals surface area contributed by atoms with E-state index in [1.54, 1.807) is 28.0 Å². The van der Waals surface area contributed by atoms with Crippen LogP contribution in [0.4, 0.5) is 0 Å². The topological polar surface area (TPSA) is 90.2 Å². The van der Waals surface area contributed by atoms with E-state index in [-0.39, 0.29) is 17.7 Å². The lowest BCUT2D eigenvalue weighted by Gasteiger charge is -2.20. The molecule has 3 aromatic heterocycles. The van der Waals surface area contributed by atoms with Crippen LogP contribution in [0.15, 0.2) is 57.9 Å². The summed E-state index contributed by atoms with van der Waals surface area (Å²) in [7, 11) is 0. The predicted octanol–water partition coefficient (Wildman–Crippen LogP) is 4.77. The number of hydrogen-bond donors (Lipinski definition) is 0. The third-order valence-electron chi connectivity index (χ3n) is 5.67. The highest BCUT2D eigenvalue weighted by molar-refractivity contribution is 6.31. The van der Waals surface area contributed by atoms with Gasteiger partial charge in [0.2, 0.25) is 11.7 Å². The number of likely N-dealkylation sites (tertiary alicyclic amines) is 1. The molecular formula is C23H22ClN5O3. The van der Waals surface area contributed by atoms with Crippen LogP contribution < -0.4 is 0 Å². The lowest BCUT2D eigenvalue weighted by Crippen LogP contribution is -2.30. The molecule has 1 aromatic carbocycles. The van der Waals surface area contributed by atoms with Crippen molar-refractivity contribution in [1.29, 1.82) is 0 Å². The Bertz CT molecular complexity index is 1240. The molecule has 164 valence electrons. The summed E-state index contributed by atoms with van der Waals surface area (Å²) >= 11 is 6.26. The molecule has 0 bridgehead atoms. The Morgan fingerprint density at radius 2 is 2.16 bits per heavy atom. The summed E-state index contributed by atoms with van der Waals surface area (Å²) in [5.41, 5.74) is 2.36. The second kappa shape index (κ2) is 8.63. The number of oxazole rings is 1. The average Bonchev–Trinajstić information content (AvgIpc) is 3.60. The number of nitrogens with zero attached hydrogens (tertiary/aromatic N) is 5. The van der Waals surface area contributed by atoms with Crippen molar-refractivity contribution in [2.75, 3.05) is 6.54 Å². The number of aryl methyl sites for hydroxylation is 1. The molecule has 1 aliphatic rings. The van der Waals surface area contributed by atoms with Gasteiger partial charge in [-0.25, -0.2) is 4.98 Å². The molecule has 9 heteroatoms. The van der Waals surface area contributed by atoms with Gasteiger partial charge in [0.25, 0.3) is 5.91 Å². The highest BCUT2D eigenvalue weighted by Crippen LogP contribution is 2.34. The van der Waals surface area contributed by atoms with E-state index in [1.807, 2.05) is 37.4 Å². The van der Waals surface area contributed by atoms with Crippen molar-refractivity contribution in [3.63, 3.8) is 0 Å². The van der Waals surface area contributed by atoms with Gasteiger partial charge in [0.1, 0.15) is 17.5 Å². The standard InChI is InChI=1S/C23H22ClN5O3/c1-2-28-14-16(12-26-28)19-11-21(32-27-19)23(30)29-9-5-8-20(29)22-25-13-17(31-22)10-15-6-3-4-7-18(15)24/h3-4,6-7,11-14,20H,2,5,8-10H2,1H3/t20-/m0/s1. The SMILES string of the molecule is CCn1cc(-c2cc(C(=O)N3CCC[C@H]3c3ncc(Cc4ccccc4Cl)o3)on2)cn1. The third kappa shape index (κ3) is 3.93. The van der Waals surface area contributed by atoms with Gasteiger partial charge >= 0.3 is 0 Å². The van der Waals surface area contributed by atoms with Gasteiger partial charge in [-0.1, -0.05) is 35.0 Å². The molecule has 1 atom stereocenters. The first kappa shape index (κ1) is 20.5. The maximum Gasteiger partial charge on any atom is 0.293 e. The molecule has 1 fully saturated rings. The summed E-state index contributed by atoms with van der Waals surface area (Å²) < 4.78 is 13.2. The third-order valence-corrected chi connectivity index (χ3v) is 6.04. The number of halogens is 1. The Hall–Kier alpha value is -3.39. The van der Waals surface area contributed by atoms with Crippen LogP contribution in [0.1, 0.15) is 53.6 Å². The largest absolute Gasteiger partial charge is 0.443 e. The maximum absolute atomic E-state index is 13.2. The van der Waals surface area contributed by atoms with E-state index in [9.17, 15) is 4.79 Å². The predicted molar refractivity (Wildman–Crippen MR) is 117 cm³/mol. The van der Waals surface area contributed by atoms with Crippen molar-refractivity contribution in [2.45, 2.75) is 38.8 Å². The zero-order valence-electron chi connectivity index (χ0n) is 17.6. The van der Waals surface area contributed by atoms with Gasteiger partial charge in [0, 0.05) is 42.4 Å². The number of rotatable bonds is 6. The van der Waals surface area contributed by atoms with E-state index in [1.165, 1.54) is 0 Å². The molecular weight excluding hydrogens is 430 g/mol. The van der Waals surface area contributed by atoms with Crippen molar-refractivity contribution in [3.8, 4) is 11.3 Å². The van der Waals surface area contributed by atoms with Gasteiger partial charge in [-0.3, -0.25) is 9.48 Å². The lowest BCUT2D eigenvalue weighted by molar-refractivity contribution is 0.0672. The molecule has 1 amide bonds. The van der Waals surface area contributed by atoms with Crippen LogP contribution in [0, 0.1) is 0 Å². The zero-order valence-corrected chi connectivity index (χ0v) is 18.3. The molecule has 0 aliphatic carbocycles. The number of benzene rings is 1. The molecule has 0 spiro atoms. The fourth-order valence-electron chi connectivity index (χ4n) is 3.98. The Kier molecular flexibility index (Phi) is 5.53. The normalized spacial score (nSPS) is 16.1. The minimum Gasteiger partial charge on any atom is -0.443 e. The number of amides is 1. The quantitative estimate of drug-likeness (QED) is 0.419. The second-order valence-electron chi connectivity index (χ2n) is 7.75. The van der Waals surface area contributed by atoms with Gasteiger partial charge in [-0.05, 0) is 31.4 Å². The second-order valence-corrected chi connectivity index (χ2v) is 8.16. The monoisotopic (exact) mass is 451 g/mol. The average molecular weight is 452 g/mol. The highest BCUT2D eigenvalue weighted by Gasteiger charge is 2.35. The number of aromatic nitrogens is 4. The maximum atomic E-state index is 13.2. The summed E-state index contributed by atoms with van der Waals surface area (Å²) in [4.78, 5) is 19.4.